The van der Waals surface area contributed by atoms with Crippen LogP contribution < -0.4 is 0 Å². The highest BCUT2D eigenvalue weighted by Crippen LogP contribution is 2.08. The molecule has 146 valence electrons. The van der Waals surface area contributed by atoms with E-state index in [1.807, 2.05) is 0 Å². The van der Waals surface area contributed by atoms with Crippen molar-refractivity contribution in [2.24, 2.45) is 0 Å². The summed E-state index contributed by atoms with van der Waals surface area (Å²) in [6.45, 7) is 4.47. The second-order valence-electron chi connectivity index (χ2n) is 7.23. The average Bonchev–Trinajstić information content (AvgIpc) is 3.29. The Bertz CT molecular complexity index is 536. The Morgan fingerprint density at radius 3 is 1.38 bits per heavy atom. The summed E-state index contributed by atoms with van der Waals surface area (Å²) in [5.41, 5.74) is 0. The molecule has 2 aromatic heterocycles. The molecule has 6 nitrogen and oxygen atoms in total. The van der Waals surface area contributed by atoms with Gasteiger partial charge in [0.15, 0.2) is 11.6 Å². The van der Waals surface area contributed by atoms with Crippen molar-refractivity contribution in [3.05, 3.63) is 23.3 Å². The fraction of sp³-hybridized carbons (Fsp3) is 0.800. The summed E-state index contributed by atoms with van der Waals surface area (Å²) < 4.78 is 0. The Balaban J connectivity index is 1.57. The smallest absolute Gasteiger partial charge is 0.150 e. The lowest BCUT2D eigenvalue weighted by molar-refractivity contribution is 0.652. The fourth-order valence-corrected chi connectivity index (χ4v) is 3.12. The molecule has 0 saturated heterocycles. The molecular formula is C20H36N6. The molecule has 6 heteroatoms. The molecule has 0 saturated carbocycles. The zero-order valence-electron chi connectivity index (χ0n) is 16.7. The molecule has 0 unspecified atom stereocenters. The quantitative estimate of drug-likeness (QED) is 0.450. The van der Waals surface area contributed by atoms with Gasteiger partial charge in [0.2, 0.25) is 0 Å². The van der Waals surface area contributed by atoms with Crippen molar-refractivity contribution in [2.75, 3.05) is 0 Å². The number of aromatic nitrogens is 6. The first-order valence-corrected chi connectivity index (χ1v) is 10.6. The standard InChI is InChI=1S/C20H36N6/c1-3-5-7-9-13-17-21-19(25-23-17)15-11-12-16-20-22-18(24-26-20)14-10-8-6-4-2/h3-16H2,1-2H3,(H,21,23,25)(H,22,24,26). The van der Waals surface area contributed by atoms with E-state index in [-0.39, 0.29) is 0 Å². The SMILES string of the molecule is CCCCCCc1nc(CCCCc2n[nH]c(CCCCCC)n2)n[nH]1. The zero-order valence-corrected chi connectivity index (χ0v) is 16.7. The minimum atomic E-state index is 0.930. The second-order valence-corrected chi connectivity index (χ2v) is 7.23. The molecular weight excluding hydrogens is 324 g/mol. The maximum Gasteiger partial charge on any atom is 0.150 e. The van der Waals surface area contributed by atoms with Gasteiger partial charge in [-0.15, -0.1) is 0 Å². The van der Waals surface area contributed by atoms with Gasteiger partial charge in [-0.25, -0.2) is 9.97 Å². The van der Waals surface area contributed by atoms with Gasteiger partial charge in [-0.2, -0.15) is 10.2 Å². The summed E-state index contributed by atoms with van der Waals surface area (Å²) >= 11 is 0. The Morgan fingerprint density at radius 1 is 0.538 bits per heavy atom. The van der Waals surface area contributed by atoms with Crippen LogP contribution in [0.3, 0.4) is 0 Å². The van der Waals surface area contributed by atoms with Crippen LogP contribution in [0.5, 0.6) is 0 Å². The number of unbranched alkanes of at least 4 members (excludes halogenated alkanes) is 7. The molecule has 26 heavy (non-hydrogen) atoms. The molecule has 0 aliphatic carbocycles. The van der Waals surface area contributed by atoms with E-state index in [1.54, 1.807) is 0 Å². The van der Waals surface area contributed by atoms with Crippen molar-refractivity contribution in [2.45, 2.75) is 104 Å². The molecule has 0 aliphatic heterocycles. The van der Waals surface area contributed by atoms with E-state index in [9.17, 15) is 0 Å². The van der Waals surface area contributed by atoms with E-state index < -0.39 is 0 Å². The Morgan fingerprint density at radius 2 is 0.962 bits per heavy atom. The van der Waals surface area contributed by atoms with E-state index in [0.717, 1.165) is 61.8 Å². The zero-order chi connectivity index (χ0) is 18.5. The maximum atomic E-state index is 4.60. The lowest BCUT2D eigenvalue weighted by Crippen LogP contribution is -1.94. The van der Waals surface area contributed by atoms with E-state index >= 15 is 0 Å². The summed E-state index contributed by atoms with van der Waals surface area (Å²) in [4.78, 5) is 9.20. The summed E-state index contributed by atoms with van der Waals surface area (Å²) in [5.74, 6) is 3.97. The highest BCUT2D eigenvalue weighted by atomic mass is 15.2. The van der Waals surface area contributed by atoms with Gasteiger partial charge in [-0.1, -0.05) is 52.4 Å². The summed E-state index contributed by atoms with van der Waals surface area (Å²) in [6.07, 6.45) is 16.2. The molecule has 2 aromatic rings. The molecule has 0 fully saturated rings. The number of hydrogen-bond acceptors (Lipinski definition) is 4. The molecule has 2 heterocycles. The molecule has 0 aromatic carbocycles. The topological polar surface area (TPSA) is 83.1 Å². The van der Waals surface area contributed by atoms with Crippen molar-refractivity contribution >= 4 is 0 Å². The van der Waals surface area contributed by atoms with Gasteiger partial charge >= 0.3 is 0 Å². The molecule has 0 radical (unpaired) electrons. The Labute approximate surface area is 158 Å². The first kappa shape index (κ1) is 20.6. The third-order valence-corrected chi connectivity index (χ3v) is 4.74. The number of nitrogens with one attached hydrogen (secondary N) is 2. The number of aromatic amines is 2. The predicted octanol–water partition coefficient (Wildman–Crippen LogP) is 4.73. The number of H-pyrrole nitrogens is 2. The predicted molar refractivity (Wildman–Crippen MR) is 105 cm³/mol. The minimum absolute atomic E-state index is 0.930. The van der Waals surface area contributed by atoms with Crippen LogP contribution in [0.2, 0.25) is 0 Å². The molecule has 2 N–H and O–H groups in total. The minimum Gasteiger partial charge on any atom is -0.263 e. The Kier molecular flexibility index (Phi) is 9.98. The molecule has 2 rings (SSSR count). The maximum absolute atomic E-state index is 4.60. The molecule has 0 spiro atoms. The third-order valence-electron chi connectivity index (χ3n) is 4.74. The van der Waals surface area contributed by atoms with Gasteiger partial charge in [-0.05, 0) is 25.7 Å². The van der Waals surface area contributed by atoms with Gasteiger partial charge in [-0.3, -0.25) is 10.2 Å². The Hall–Kier alpha value is -1.72. The van der Waals surface area contributed by atoms with E-state index in [1.165, 1.54) is 51.4 Å². The van der Waals surface area contributed by atoms with Crippen LogP contribution in [-0.2, 0) is 25.7 Å². The van der Waals surface area contributed by atoms with Crippen molar-refractivity contribution in [3.8, 4) is 0 Å². The van der Waals surface area contributed by atoms with Gasteiger partial charge in [0.25, 0.3) is 0 Å². The summed E-state index contributed by atoms with van der Waals surface area (Å²) in [6, 6.07) is 0. The molecule has 0 bridgehead atoms. The number of aryl methyl sites for hydroxylation is 4. The van der Waals surface area contributed by atoms with Gasteiger partial charge in [0, 0.05) is 25.7 Å². The van der Waals surface area contributed by atoms with Crippen LogP contribution in [-0.4, -0.2) is 30.4 Å². The van der Waals surface area contributed by atoms with Gasteiger partial charge < -0.3 is 0 Å². The normalized spacial score (nSPS) is 11.3. The first-order chi connectivity index (χ1) is 12.8. The van der Waals surface area contributed by atoms with Crippen molar-refractivity contribution < 1.29 is 0 Å². The van der Waals surface area contributed by atoms with Crippen LogP contribution >= 0.6 is 0 Å². The highest BCUT2D eigenvalue weighted by Gasteiger charge is 2.06. The van der Waals surface area contributed by atoms with Crippen LogP contribution in [0.4, 0.5) is 0 Å². The van der Waals surface area contributed by atoms with Crippen LogP contribution in [0.15, 0.2) is 0 Å². The largest absolute Gasteiger partial charge is 0.263 e. The van der Waals surface area contributed by atoms with E-state index in [4.69, 9.17) is 0 Å². The summed E-state index contributed by atoms with van der Waals surface area (Å²) in [5, 5.41) is 14.8. The van der Waals surface area contributed by atoms with Crippen LogP contribution in [0.1, 0.15) is 101 Å². The van der Waals surface area contributed by atoms with Crippen molar-refractivity contribution in [1.29, 1.82) is 0 Å². The van der Waals surface area contributed by atoms with Crippen molar-refractivity contribution in [3.63, 3.8) is 0 Å². The number of rotatable bonds is 15. The lowest BCUT2D eigenvalue weighted by atomic mass is 10.1. The molecule has 0 amide bonds. The lowest BCUT2D eigenvalue weighted by Gasteiger charge is -1.97. The monoisotopic (exact) mass is 360 g/mol. The van der Waals surface area contributed by atoms with E-state index in [2.05, 4.69) is 44.2 Å². The number of nitrogens with zero attached hydrogens (tertiary/aromatic N) is 4. The van der Waals surface area contributed by atoms with Crippen molar-refractivity contribution in [1.82, 2.24) is 30.4 Å². The highest BCUT2D eigenvalue weighted by molar-refractivity contribution is 4.92. The fourth-order valence-electron chi connectivity index (χ4n) is 3.12. The third kappa shape index (κ3) is 8.11. The van der Waals surface area contributed by atoms with Gasteiger partial charge in [0.1, 0.15) is 11.6 Å². The first-order valence-electron chi connectivity index (χ1n) is 10.6. The molecule has 0 aliphatic rings. The van der Waals surface area contributed by atoms with Crippen LogP contribution in [0.25, 0.3) is 0 Å². The summed E-state index contributed by atoms with van der Waals surface area (Å²) in [7, 11) is 0. The number of hydrogen-bond donors (Lipinski definition) is 2. The average molecular weight is 361 g/mol. The van der Waals surface area contributed by atoms with Crippen LogP contribution in [0, 0.1) is 0 Å². The van der Waals surface area contributed by atoms with E-state index in [0.29, 0.717) is 0 Å². The second kappa shape index (κ2) is 12.6. The molecule has 0 atom stereocenters. The van der Waals surface area contributed by atoms with Gasteiger partial charge in [0.05, 0.1) is 0 Å².